The first-order chi connectivity index (χ1) is 14.0. The van der Waals surface area contributed by atoms with E-state index < -0.39 is 5.97 Å². The van der Waals surface area contributed by atoms with Gasteiger partial charge in [-0.3, -0.25) is 14.0 Å². The van der Waals surface area contributed by atoms with Gasteiger partial charge in [0, 0.05) is 40.9 Å². The fraction of sp³-hybridized carbons (Fsp3) is 0.200. The normalized spacial score (nSPS) is 11.0. The third-order valence-corrected chi connectivity index (χ3v) is 5.17. The number of thiazole rings is 1. The van der Waals surface area contributed by atoms with Crippen LogP contribution in [0.2, 0.25) is 0 Å². The second kappa shape index (κ2) is 7.88. The molecule has 0 fully saturated rings. The molecule has 0 radical (unpaired) electrons. The Balaban J connectivity index is 1.40. The van der Waals surface area contributed by atoms with Gasteiger partial charge in [-0.15, -0.1) is 11.3 Å². The van der Waals surface area contributed by atoms with E-state index >= 15 is 0 Å². The number of hydrogen-bond donors (Lipinski definition) is 0. The molecule has 0 unspecified atom stereocenters. The van der Waals surface area contributed by atoms with Crippen molar-refractivity contribution in [3.05, 3.63) is 76.7 Å². The Morgan fingerprint density at radius 3 is 2.83 bits per heavy atom. The zero-order chi connectivity index (χ0) is 20.4. The number of hydrogen-bond acceptors (Lipinski definition) is 7. The van der Waals surface area contributed by atoms with Crippen LogP contribution >= 0.6 is 11.3 Å². The molecule has 148 valence electrons. The molecule has 0 atom stereocenters. The number of aromatic nitrogens is 4. The van der Waals surface area contributed by atoms with Crippen molar-refractivity contribution in [3.63, 3.8) is 0 Å². The number of rotatable bonds is 7. The van der Waals surface area contributed by atoms with Crippen molar-refractivity contribution >= 4 is 23.1 Å². The minimum Gasteiger partial charge on any atom is -0.452 e. The average Bonchev–Trinajstić information content (AvgIpc) is 3.48. The Hall–Kier alpha value is -3.46. The van der Waals surface area contributed by atoms with Crippen molar-refractivity contribution in [2.24, 2.45) is 0 Å². The summed E-state index contributed by atoms with van der Waals surface area (Å²) in [5.74, 6) is -0.344. The Labute approximate surface area is 170 Å². The zero-order valence-corrected chi connectivity index (χ0v) is 16.7. The fourth-order valence-corrected chi connectivity index (χ4v) is 3.82. The lowest BCUT2D eigenvalue weighted by Gasteiger charge is -2.06. The monoisotopic (exact) mass is 410 g/mol. The summed E-state index contributed by atoms with van der Waals surface area (Å²) in [5, 5.41) is 6.75. The van der Waals surface area contributed by atoms with Gasteiger partial charge in [0.05, 0.1) is 6.54 Å². The summed E-state index contributed by atoms with van der Waals surface area (Å²) in [6.07, 6.45) is 5.17. The largest absolute Gasteiger partial charge is 0.452 e. The first-order valence-corrected chi connectivity index (χ1v) is 9.76. The van der Waals surface area contributed by atoms with Crippen LogP contribution in [0.5, 0.6) is 0 Å². The Morgan fingerprint density at radius 2 is 2.10 bits per heavy atom. The molecule has 4 heterocycles. The number of carbonyl (C=O) groups excluding carboxylic acids is 2. The second-order valence-corrected chi connectivity index (χ2v) is 7.28. The SMILES string of the molecule is Cc1cc(C(=O)COC(=O)c2ccc(Cn3cccn3)o2)c(C)n1-c1nccs1. The highest BCUT2D eigenvalue weighted by Crippen LogP contribution is 2.22. The van der Waals surface area contributed by atoms with Crippen LogP contribution in [0.15, 0.2) is 52.7 Å². The maximum atomic E-state index is 12.6. The molecule has 9 heteroatoms. The Kier molecular flexibility index (Phi) is 5.13. The van der Waals surface area contributed by atoms with Gasteiger partial charge in [0.2, 0.25) is 11.5 Å². The van der Waals surface area contributed by atoms with Crippen LogP contribution in [0.1, 0.15) is 38.1 Å². The third kappa shape index (κ3) is 3.90. The van der Waals surface area contributed by atoms with Crippen LogP contribution in [0.25, 0.3) is 5.13 Å². The summed E-state index contributed by atoms with van der Waals surface area (Å²) < 4.78 is 14.2. The zero-order valence-electron chi connectivity index (χ0n) is 15.9. The summed E-state index contributed by atoms with van der Waals surface area (Å²) in [7, 11) is 0. The van der Waals surface area contributed by atoms with Gasteiger partial charge in [0.1, 0.15) is 5.76 Å². The number of Topliss-reactive ketones (excluding diaryl/α,β-unsaturated/α-hetero) is 1. The number of ketones is 1. The summed E-state index contributed by atoms with van der Waals surface area (Å²) in [5.41, 5.74) is 2.16. The standard InChI is InChI=1S/C20H18N4O4S/c1-13-10-16(14(2)24(13)20-21-7-9-29-20)17(25)12-27-19(26)18-5-4-15(28-18)11-23-8-3-6-22-23/h3-10H,11-12H2,1-2H3. The second-order valence-electron chi connectivity index (χ2n) is 6.40. The van der Waals surface area contributed by atoms with Crippen molar-refractivity contribution < 1.29 is 18.7 Å². The van der Waals surface area contributed by atoms with E-state index in [4.69, 9.17) is 9.15 Å². The smallest absolute Gasteiger partial charge is 0.374 e. The molecule has 0 aliphatic carbocycles. The van der Waals surface area contributed by atoms with Crippen LogP contribution in [0, 0.1) is 13.8 Å². The van der Waals surface area contributed by atoms with Crippen LogP contribution in [0.4, 0.5) is 0 Å². The summed E-state index contributed by atoms with van der Waals surface area (Å²) >= 11 is 1.48. The molecule has 0 saturated heterocycles. The minimum absolute atomic E-state index is 0.0493. The van der Waals surface area contributed by atoms with Crippen molar-refractivity contribution in [1.29, 1.82) is 0 Å². The fourth-order valence-electron chi connectivity index (χ4n) is 3.07. The van der Waals surface area contributed by atoms with Gasteiger partial charge in [0.15, 0.2) is 11.7 Å². The molecule has 4 aromatic rings. The van der Waals surface area contributed by atoms with E-state index in [1.165, 1.54) is 17.4 Å². The van der Waals surface area contributed by atoms with E-state index in [2.05, 4.69) is 10.1 Å². The average molecular weight is 410 g/mol. The molecular formula is C20H18N4O4S. The van der Waals surface area contributed by atoms with Gasteiger partial charge >= 0.3 is 5.97 Å². The van der Waals surface area contributed by atoms with Gasteiger partial charge in [-0.1, -0.05) is 0 Å². The van der Waals surface area contributed by atoms with Gasteiger partial charge in [0.25, 0.3) is 0 Å². The number of carbonyl (C=O) groups is 2. The topological polar surface area (TPSA) is 92.2 Å². The highest BCUT2D eigenvalue weighted by atomic mass is 32.1. The van der Waals surface area contributed by atoms with Crippen molar-refractivity contribution in [2.45, 2.75) is 20.4 Å². The predicted molar refractivity (Wildman–Crippen MR) is 106 cm³/mol. The van der Waals surface area contributed by atoms with E-state index in [9.17, 15) is 9.59 Å². The third-order valence-electron chi connectivity index (χ3n) is 4.42. The lowest BCUT2D eigenvalue weighted by molar-refractivity contribution is 0.0442. The molecule has 29 heavy (non-hydrogen) atoms. The molecule has 4 aromatic heterocycles. The Bertz CT molecular complexity index is 1140. The van der Waals surface area contributed by atoms with Gasteiger partial charge < -0.3 is 9.15 Å². The van der Waals surface area contributed by atoms with Crippen LogP contribution in [-0.4, -0.2) is 37.7 Å². The van der Waals surface area contributed by atoms with Crippen molar-refractivity contribution in [2.75, 3.05) is 6.61 Å². The number of nitrogens with zero attached hydrogens (tertiary/aromatic N) is 4. The lowest BCUT2D eigenvalue weighted by atomic mass is 10.1. The number of ether oxygens (including phenoxy) is 1. The molecule has 0 aromatic carbocycles. The maximum absolute atomic E-state index is 12.6. The molecule has 0 saturated carbocycles. The lowest BCUT2D eigenvalue weighted by Crippen LogP contribution is -2.14. The van der Waals surface area contributed by atoms with E-state index in [1.54, 1.807) is 41.5 Å². The molecule has 0 aliphatic heterocycles. The highest BCUT2D eigenvalue weighted by Gasteiger charge is 2.20. The molecule has 0 N–H and O–H groups in total. The quantitative estimate of drug-likeness (QED) is 0.342. The molecule has 8 nitrogen and oxygen atoms in total. The maximum Gasteiger partial charge on any atom is 0.374 e. The number of aryl methyl sites for hydroxylation is 1. The van der Waals surface area contributed by atoms with E-state index in [-0.39, 0.29) is 18.2 Å². The summed E-state index contributed by atoms with van der Waals surface area (Å²) in [6, 6.07) is 6.79. The molecule has 0 spiro atoms. The summed E-state index contributed by atoms with van der Waals surface area (Å²) in [6.45, 7) is 3.79. The van der Waals surface area contributed by atoms with E-state index in [0.717, 1.165) is 16.5 Å². The Morgan fingerprint density at radius 1 is 1.24 bits per heavy atom. The first kappa shape index (κ1) is 18.9. The van der Waals surface area contributed by atoms with Crippen LogP contribution in [0.3, 0.4) is 0 Å². The van der Waals surface area contributed by atoms with Gasteiger partial charge in [-0.25, -0.2) is 9.78 Å². The van der Waals surface area contributed by atoms with Crippen molar-refractivity contribution in [1.82, 2.24) is 19.3 Å². The van der Waals surface area contributed by atoms with E-state index in [1.807, 2.05) is 23.8 Å². The van der Waals surface area contributed by atoms with Gasteiger partial charge in [-0.2, -0.15) is 5.10 Å². The molecular weight excluding hydrogens is 392 g/mol. The van der Waals surface area contributed by atoms with E-state index in [0.29, 0.717) is 17.9 Å². The van der Waals surface area contributed by atoms with Crippen LogP contribution in [-0.2, 0) is 11.3 Å². The number of furan rings is 1. The van der Waals surface area contributed by atoms with Gasteiger partial charge in [-0.05, 0) is 38.1 Å². The molecule has 0 aliphatic rings. The highest BCUT2D eigenvalue weighted by molar-refractivity contribution is 7.12. The number of esters is 1. The summed E-state index contributed by atoms with van der Waals surface area (Å²) in [4.78, 5) is 29.1. The molecule has 0 bridgehead atoms. The van der Waals surface area contributed by atoms with Crippen LogP contribution < -0.4 is 0 Å². The minimum atomic E-state index is -0.682. The first-order valence-electron chi connectivity index (χ1n) is 8.88. The predicted octanol–water partition coefficient (Wildman–Crippen LogP) is 3.43. The molecule has 4 rings (SSSR count). The molecule has 0 amide bonds. The van der Waals surface area contributed by atoms with Crippen molar-refractivity contribution in [3.8, 4) is 5.13 Å².